The smallest absolute Gasteiger partial charge is 0.271 e. The monoisotopic (exact) mass is 366 g/mol. The van der Waals surface area contributed by atoms with Crippen molar-refractivity contribution in [1.82, 2.24) is 9.99 Å². The highest BCUT2D eigenvalue weighted by atomic mass is 35.5. The summed E-state index contributed by atoms with van der Waals surface area (Å²) in [7, 11) is 3.86. The molecule has 0 saturated carbocycles. The van der Waals surface area contributed by atoms with Crippen LogP contribution in [0.2, 0.25) is 5.02 Å². The second-order valence-corrected chi connectivity index (χ2v) is 6.36. The van der Waals surface area contributed by atoms with Gasteiger partial charge in [-0.25, -0.2) is 5.43 Å². The summed E-state index contributed by atoms with van der Waals surface area (Å²) in [6, 6.07) is 18.7. The van der Waals surface area contributed by atoms with Gasteiger partial charge in [-0.05, 0) is 54.6 Å². The molecule has 0 bridgehead atoms. The van der Waals surface area contributed by atoms with Gasteiger partial charge in [-0.3, -0.25) is 4.79 Å². The minimum absolute atomic E-state index is 0.255. The second kappa shape index (κ2) is 7.89. The molecule has 3 rings (SSSR count). The van der Waals surface area contributed by atoms with Gasteiger partial charge in [0.05, 0.1) is 11.9 Å². The number of nitrogens with one attached hydrogen (secondary N) is 1. The third kappa shape index (κ3) is 4.13. The van der Waals surface area contributed by atoms with Crippen molar-refractivity contribution in [2.45, 2.75) is 0 Å². The Kier molecular flexibility index (Phi) is 5.39. The lowest BCUT2D eigenvalue weighted by molar-refractivity contribution is 0.0955. The zero-order valence-corrected chi connectivity index (χ0v) is 15.3. The molecule has 1 heterocycles. The third-order valence-corrected chi connectivity index (χ3v) is 4.12. The van der Waals surface area contributed by atoms with Crippen LogP contribution in [-0.4, -0.2) is 30.8 Å². The summed E-state index contributed by atoms with van der Waals surface area (Å²) < 4.78 is 1.96. The average Bonchev–Trinajstić information content (AvgIpc) is 3.11. The molecule has 5 nitrogen and oxygen atoms in total. The van der Waals surface area contributed by atoms with Crippen molar-refractivity contribution < 1.29 is 4.79 Å². The maximum absolute atomic E-state index is 12.3. The highest BCUT2D eigenvalue weighted by Gasteiger charge is 2.06. The molecule has 0 radical (unpaired) electrons. The van der Waals surface area contributed by atoms with Gasteiger partial charge in [-0.1, -0.05) is 17.7 Å². The number of hydrazone groups is 1. The van der Waals surface area contributed by atoms with Crippen LogP contribution in [0.5, 0.6) is 0 Å². The van der Waals surface area contributed by atoms with Crippen LogP contribution in [-0.2, 0) is 0 Å². The first-order chi connectivity index (χ1) is 12.5. The van der Waals surface area contributed by atoms with E-state index < -0.39 is 0 Å². The van der Waals surface area contributed by atoms with Crippen molar-refractivity contribution in [3.8, 4) is 5.69 Å². The Morgan fingerprint density at radius 3 is 2.62 bits per heavy atom. The second-order valence-electron chi connectivity index (χ2n) is 5.92. The fourth-order valence-corrected chi connectivity index (χ4v) is 2.61. The highest BCUT2D eigenvalue weighted by molar-refractivity contribution is 6.30. The first-order valence-electron chi connectivity index (χ1n) is 8.09. The van der Waals surface area contributed by atoms with Gasteiger partial charge in [0.15, 0.2) is 0 Å². The average molecular weight is 367 g/mol. The van der Waals surface area contributed by atoms with E-state index in [1.165, 1.54) is 0 Å². The van der Waals surface area contributed by atoms with E-state index in [1.54, 1.807) is 12.3 Å². The fraction of sp³-hybridized carbons (Fsp3) is 0.100. The van der Waals surface area contributed by atoms with Crippen LogP contribution in [0.4, 0.5) is 5.69 Å². The van der Waals surface area contributed by atoms with Gasteiger partial charge in [-0.15, -0.1) is 0 Å². The minimum atomic E-state index is -0.255. The van der Waals surface area contributed by atoms with E-state index in [0.717, 1.165) is 17.1 Å². The highest BCUT2D eigenvalue weighted by Crippen LogP contribution is 2.16. The molecule has 0 unspecified atom stereocenters. The Morgan fingerprint density at radius 1 is 1.12 bits per heavy atom. The van der Waals surface area contributed by atoms with Crippen LogP contribution in [0.25, 0.3) is 5.69 Å². The summed E-state index contributed by atoms with van der Waals surface area (Å²) in [5, 5.41) is 4.77. The molecule has 0 spiro atoms. The van der Waals surface area contributed by atoms with Crippen molar-refractivity contribution in [3.05, 3.63) is 83.1 Å². The topological polar surface area (TPSA) is 49.6 Å². The standard InChI is InChI=1S/C20H19ClN4O/c1-24(2)18-6-3-5-15(13-18)20(26)23-22-14-19-7-4-12-25(19)17-10-8-16(21)9-11-17/h3-14H,1-2H3,(H,23,26). The van der Waals surface area contributed by atoms with Crippen LogP contribution >= 0.6 is 11.6 Å². The predicted octanol–water partition coefficient (Wildman–Crippen LogP) is 3.96. The van der Waals surface area contributed by atoms with E-state index >= 15 is 0 Å². The van der Waals surface area contributed by atoms with Crippen LogP contribution in [0.1, 0.15) is 16.1 Å². The molecular formula is C20H19ClN4O. The van der Waals surface area contributed by atoms with E-state index in [9.17, 15) is 4.79 Å². The molecule has 0 aliphatic carbocycles. The van der Waals surface area contributed by atoms with Crippen LogP contribution in [0, 0.1) is 0 Å². The SMILES string of the molecule is CN(C)c1cccc(C(=O)NN=Cc2cccn2-c2ccc(Cl)cc2)c1. The maximum atomic E-state index is 12.3. The third-order valence-electron chi connectivity index (χ3n) is 3.87. The number of halogens is 1. The quantitative estimate of drug-likeness (QED) is 0.549. The molecule has 6 heteroatoms. The van der Waals surface area contributed by atoms with Crippen molar-refractivity contribution in [1.29, 1.82) is 0 Å². The number of hydrogen-bond donors (Lipinski definition) is 1. The number of amides is 1. The van der Waals surface area contributed by atoms with Gasteiger partial charge in [0, 0.05) is 42.3 Å². The van der Waals surface area contributed by atoms with E-state index in [-0.39, 0.29) is 5.91 Å². The van der Waals surface area contributed by atoms with Gasteiger partial charge in [0.2, 0.25) is 0 Å². The predicted molar refractivity (Wildman–Crippen MR) is 107 cm³/mol. The summed E-state index contributed by atoms with van der Waals surface area (Å²) >= 11 is 5.93. The number of hydrogen-bond acceptors (Lipinski definition) is 3. The Hall–Kier alpha value is -3.05. The van der Waals surface area contributed by atoms with Gasteiger partial charge >= 0.3 is 0 Å². The van der Waals surface area contributed by atoms with Crippen molar-refractivity contribution in [2.24, 2.45) is 5.10 Å². The van der Waals surface area contributed by atoms with Gasteiger partial charge < -0.3 is 9.47 Å². The van der Waals surface area contributed by atoms with Crippen molar-refractivity contribution >= 4 is 29.4 Å². The lowest BCUT2D eigenvalue weighted by atomic mass is 10.2. The molecule has 3 aromatic rings. The Bertz CT molecular complexity index is 929. The molecule has 0 aliphatic heterocycles. The van der Waals surface area contributed by atoms with Crippen LogP contribution in [0.15, 0.2) is 72.0 Å². The number of benzene rings is 2. The molecule has 0 fully saturated rings. The van der Waals surface area contributed by atoms with E-state index in [0.29, 0.717) is 10.6 Å². The zero-order valence-electron chi connectivity index (χ0n) is 14.6. The van der Waals surface area contributed by atoms with E-state index in [2.05, 4.69) is 10.5 Å². The Labute approximate surface area is 157 Å². The van der Waals surface area contributed by atoms with Crippen LogP contribution < -0.4 is 10.3 Å². The Balaban J connectivity index is 1.72. The minimum Gasteiger partial charge on any atom is -0.378 e. The first kappa shape index (κ1) is 17.8. The lowest BCUT2D eigenvalue weighted by Crippen LogP contribution is -2.18. The van der Waals surface area contributed by atoms with E-state index in [4.69, 9.17) is 11.6 Å². The van der Waals surface area contributed by atoms with Crippen molar-refractivity contribution in [3.63, 3.8) is 0 Å². The number of carbonyl (C=O) groups excluding carboxylic acids is 1. The molecule has 0 saturated heterocycles. The summed E-state index contributed by atoms with van der Waals surface area (Å²) in [5.74, 6) is -0.255. The molecule has 1 N–H and O–H groups in total. The number of rotatable bonds is 5. The molecule has 0 atom stereocenters. The summed E-state index contributed by atoms with van der Waals surface area (Å²) in [6.45, 7) is 0. The molecule has 1 amide bonds. The molecule has 1 aromatic heterocycles. The summed E-state index contributed by atoms with van der Waals surface area (Å²) in [5.41, 5.74) is 5.89. The lowest BCUT2D eigenvalue weighted by Gasteiger charge is -2.12. The molecule has 2 aromatic carbocycles. The van der Waals surface area contributed by atoms with Gasteiger partial charge in [0.25, 0.3) is 5.91 Å². The van der Waals surface area contributed by atoms with Gasteiger partial charge in [0.1, 0.15) is 0 Å². The number of carbonyl (C=O) groups is 1. The molecule has 0 aliphatic rings. The van der Waals surface area contributed by atoms with E-state index in [1.807, 2.05) is 84.4 Å². The summed E-state index contributed by atoms with van der Waals surface area (Å²) in [4.78, 5) is 14.2. The Morgan fingerprint density at radius 2 is 1.88 bits per heavy atom. The molecule has 132 valence electrons. The number of anilines is 1. The maximum Gasteiger partial charge on any atom is 0.271 e. The largest absolute Gasteiger partial charge is 0.378 e. The van der Waals surface area contributed by atoms with Crippen LogP contribution in [0.3, 0.4) is 0 Å². The zero-order chi connectivity index (χ0) is 18.5. The fourth-order valence-electron chi connectivity index (χ4n) is 2.48. The summed E-state index contributed by atoms with van der Waals surface area (Å²) in [6.07, 6.45) is 3.54. The molecular weight excluding hydrogens is 348 g/mol. The molecule has 26 heavy (non-hydrogen) atoms. The number of aromatic nitrogens is 1. The van der Waals surface area contributed by atoms with Crippen molar-refractivity contribution in [2.75, 3.05) is 19.0 Å². The van der Waals surface area contributed by atoms with Gasteiger partial charge in [-0.2, -0.15) is 5.10 Å². The number of nitrogens with zero attached hydrogens (tertiary/aromatic N) is 3. The normalized spacial score (nSPS) is 10.9. The first-order valence-corrected chi connectivity index (χ1v) is 8.46.